The Balaban J connectivity index is 2.21. The Labute approximate surface area is 220 Å². The standard InChI is InChI=1S/C20H38N4O6S4/c1-31-9-5-27-13-21-17-18(23(19(21)25)15-29-7-11-33-3)24(16-30-8-12-34-4)20(26)22(17)14-28-6-10-32-2/h17-18H,5-16H2,1-4H3. The molecule has 2 heterocycles. The lowest BCUT2D eigenvalue weighted by atomic mass is 10.3. The normalized spacial score (nSPS) is 20.2. The van der Waals surface area contributed by atoms with Crippen LogP contribution in [0.1, 0.15) is 0 Å². The van der Waals surface area contributed by atoms with Crippen LogP contribution in [0.4, 0.5) is 9.59 Å². The molecule has 14 heteroatoms. The zero-order valence-corrected chi connectivity index (χ0v) is 23.8. The second kappa shape index (κ2) is 17.3. The molecule has 0 saturated carbocycles. The number of carbonyl (C=O) groups excluding carboxylic acids is 2. The number of thioether (sulfide) groups is 4. The Morgan fingerprint density at radius 3 is 0.971 bits per heavy atom. The van der Waals surface area contributed by atoms with Gasteiger partial charge in [0.2, 0.25) is 0 Å². The van der Waals surface area contributed by atoms with Gasteiger partial charge in [-0.15, -0.1) is 0 Å². The first-order chi connectivity index (χ1) is 16.6. The maximum atomic E-state index is 13.4. The van der Waals surface area contributed by atoms with Crippen molar-refractivity contribution in [1.29, 1.82) is 0 Å². The lowest BCUT2D eigenvalue weighted by molar-refractivity contribution is -0.0307. The highest BCUT2D eigenvalue weighted by molar-refractivity contribution is 7.99. The molecule has 0 atom stereocenters. The summed E-state index contributed by atoms with van der Waals surface area (Å²) in [6, 6.07) is -0.446. The first-order valence-corrected chi connectivity index (χ1v) is 16.6. The van der Waals surface area contributed by atoms with Crippen LogP contribution in [0.25, 0.3) is 0 Å². The summed E-state index contributed by atoms with van der Waals surface area (Å²) in [5, 5.41) is 0. The van der Waals surface area contributed by atoms with Gasteiger partial charge in [0.1, 0.15) is 26.9 Å². The number of fused-ring (bicyclic) bond motifs is 1. The van der Waals surface area contributed by atoms with Gasteiger partial charge in [0.05, 0.1) is 26.4 Å². The molecule has 2 saturated heterocycles. The van der Waals surface area contributed by atoms with Gasteiger partial charge in [-0.25, -0.2) is 9.59 Å². The van der Waals surface area contributed by atoms with Crippen molar-refractivity contribution in [2.45, 2.75) is 12.3 Å². The van der Waals surface area contributed by atoms with Crippen LogP contribution in [-0.4, -0.2) is 145 Å². The summed E-state index contributed by atoms with van der Waals surface area (Å²) in [4.78, 5) is 33.2. The smallest absolute Gasteiger partial charge is 0.327 e. The van der Waals surface area contributed by atoms with Crippen molar-refractivity contribution in [2.75, 3.05) is 101 Å². The van der Waals surface area contributed by atoms with Crippen LogP contribution in [-0.2, 0) is 18.9 Å². The van der Waals surface area contributed by atoms with Gasteiger partial charge in [0, 0.05) is 23.0 Å². The number of ether oxygens (including phenoxy) is 4. The molecule has 2 aliphatic rings. The van der Waals surface area contributed by atoms with Crippen LogP contribution >= 0.6 is 47.0 Å². The van der Waals surface area contributed by atoms with E-state index in [2.05, 4.69) is 0 Å². The second-order valence-corrected chi connectivity index (χ2v) is 11.3. The van der Waals surface area contributed by atoms with Crippen LogP contribution in [0, 0.1) is 0 Å². The Hall–Kier alpha value is -0.220. The number of carbonyl (C=O) groups is 2. The van der Waals surface area contributed by atoms with Gasteiger partial charge in [0.15, 0.2) is 12.3 Å². The third-order valence-electron chi connectivity index (χ3n) is 5.18. The summed E-state index contributed by atoms with van der Waals surface area (Å²) in [5.41, 5.74) is 0. The van der Waals surface area contributed by atoms with Crippen molar-refractivity contribution in [1.82, 2.24) is 19.6 Å². The number of rotatable bonds is 20. The minimum atomic E-state index is -0.545. The van der Waals surface area contributed by atoms with Gasteiger partial charge < -0.3 is 18.9 Å². The predicted molar refractivity (Wildman–Crippen MR) is 143 cm³/mol. The van der Waals surface area contributed by atoms with Crippen LogP contribution in [0.3, 0.4) is 0 Å². The minimum Gasteiger partial charge on any atom is -0.360 e. The van der Waals surface area contributed by atoms with E-state index in [1.807, 2.05) is 25.0 Å². The van der Waals surface area contributed by atoms with E-state index >= 15 is 0 Å². The zero-order chi connectivity index (χ0) is 24.8. The van der Waals surface area contributed by atoms with Gasteiger partial charge in [-0.05, 0) is 25.0 Å². The minimum absolute atomic E-state index is 0.0949. The third kappa shape index (κ3) is 8.43. The SMILES string of the molecule is CSCCOCN1C(=O)N(COCCSC)C2C1N(COCCSC)C(=O)N2COCCSC. The molecule has 0 aromatic heterocycles. The first-order valence-electron chi connectivity index (χ1n) is 11.0. The van der Waals surface area contributed by atoms with Crippen LogP contribution in [0.5, 0.6) is 0 Å². The molecule has 0 unspecified atom stereocenters. The van der Waals surface area contributed by atoms with E-state index in [1.54, 1.807) is 66.6 Å². The summed E-state index contributed by atoms with van der Waals surface area (Å²) in [7, 11) is 0. The summed E-state index contributed by atoms with van der Waals surface area (Å²) in [6.45, 7) is 2.46. The molecule has 2 fully saturated rings. The van der Waals surface area contributed by atoms with Crippen molar-refractivity contribution in [3.05, 3.63) is 0 Å². The van der Waals surface area contributed by atoms with Gasteiger partial charge >= 0.3 is 12.1 Å². The number of hydrogen-bond acceptors (Lipinski definition) is 10. The number of urea groups is 2. The zero-order valence-electron chi connectivity index (χ0n) is 20.5. The van der Waals surface area contributed by atoms with E-state index in [4.69, 9.17) is 18.9 Å². The molecule has 10 nitrogen and oxygen atoms in total. The summed E-state index contributed by atoms with van der Waals surface area (Å²) in [5.74, 6) is 3.31. The van der Waals surface area contributed by atoms with Gasteiger partial charge in [0.25, 0.3) is 0 Å². The summed E-state index contributed by atoms with van der Waals surface area (Å²) >= 11 is 6.71. The van der Waals surface area contributed by atoms with E-state index in [1.165, 1.54) is 0 Å². The largest absolute Gasteiger partial charge is 0.360 e. The Morgan fingerprint density at radius 1 is 0.529 bits per heavy atom. The molecule has 0 aromatic carbocycles. The van der Waals surface area contributed by atoms with Crippen molar-refractivity contribution >= 4 is 59.1 Å². The lowest BCUT2D eigenvalue weighted by Crippen LogP contribution is -2.48. The lowest BCUT2D eigenvalue weighted by Gasteiger charge is -2.29. The fraction of sp³-hybridized carbons (Fsp3) is 0.900. The molecular formula is C20H38N4O6S4. The Bertz CT molecular complexity index is 517. The summed E-state index contributed by atoms with van der Waals surface area (Å²) in [6.07, 6.45) is 6.94. The van der Waals surface area contributed by atoms with E-state index in [9.17, 15) is 9.59 Å². The van der Waals surface area contributed by atoms with Crippen molar-refractivity contribution in [3.8, 4) is 0 Å². The first kappa shape index (κ1) is 30.0. The van der Waals surface area contributed by atoms with Crippen molar-refractivity contribution in [3.63, 3.8) is 0 Å². The molecule has 198 valence electrons. The Kier molecular flexibility index (Phi) is 15.2. The van der Waals surface area contributed by atoms with Crippen LogP contribution in [0.2, 0.25) is 0 Å². The maximum absolute atomic E-state index is 13.4. The van der Waals surface area contributed by atoms with Crippen LogP contribution in [0.15, 0.2) is 0 Å². The molecule has 0 N–H and O–H groups in total. The van der Waals surface area contributed by atoms with Crippen LogP contribution < -0.4 is 0 Å². The van der Waals surface area contributed by atoms with E-state index in [0.717, 1.165) is 23.0 Å². The highest BCUT2D eigenvalue weighted by Gasteiger charge is 2.59. The van der Waals surface area contributed by atoms with Gasteiger partial charge in [-0.1, -0.05) is 0 Å². The van der Waals surface area contributed by atoms with Crippen molar-refractivity contribution in [2.24, 2.45) is 0 Å². The average molecular weight is 559 g/mol. The molecule has 34 heavy (non-hydrogen) atoms. The monoisotopic (exact) mass is 558 g/mol. The number of nitrogens with zero attached hydrogens (tertiary/aromatic N) is 4. The number of amides is 4. The average Bonchev–Trinajstić information content (AvgIpc) is 3.25. The van der Waals surface area contributed by atoms with Gasteiger partial charge in [-0.3, -0.25) is 19.6 Å². The van der Waals surface area contributed by atoms with Gasteiger partial charge in [-0.2, -0.15) is 47.0 Å². The summed E-state index contributed by atoms with van der Waals surface area (Å²) < 4.78 is 23.1. The second-order valence-electron chi connectivity index (χ2n) is 7.39. The molecule has 0 radical (unpaired) electrons. The van der Waals surface area contributed by atoms with E-state index < -0.39 is 12.3 Å². The Morgan fingerprint density at radius 2 is 0.765 bits per heavy atom. The molecule has 0 spiro atoms. The van der Waals surface area contributed by atoms with Crippen molar-refractivity contribution < 1.29 is 28.5 Å². The van der Waals surface area contributed by atoms with E-state index in [0.29, 0.717) is 26.4 Å². The number of hydrogen-bond donors (Lipinski definition) is 0. The fourth-order valence-corrected chi connectivity index (χ4v) is 4.65. The quantitative estimate of drug-likeness (QED) is 0.208. The molecule has 0 aliphatic carbocycles. The molecule has 2 rings (SSSR count). The highest BCUT2D eigenvalue weighted by atomic mass is 32.2. The maximum Gasteiger partial charge on any atom is 0.327 e. The fourth-order valence-electron chi connectivity index (χ4n) is 3.51. The highest BCUT2D eigenvalue weighted by Crippen LogP contribution is 2.35. The van der Waals surface area contributed by atoms with E-state index in [-0.39, 0.29) is 39.0 Å². The molecule has 4 amide bonds. The third-order valence-corrected chi connectivity index (χ3v) is 7.48. The predicted octanol–water partition coefficient (Wildman–Crippen LogP) is 2.46. The molecule has 2 aliphatic heterocycles. The molecule has 0 bridgehead atoms. The molecule has 0 aromatic rings. The molecular weight excluding hydrogens is 521 g/mol. The topological polar surface area (TPSA) is 84.0 Å².